The van der Waals surface area contributed by atoms with Gasteiger partial charge in [0.2, 0.25) is 0 Å². The number of carboxylic acid groups (broad SMARTS) is 1. The van der Waals surface area contributed by atoms with E-state index in [1.165, 1.54) is 23.4 Å². The van der Waals surface area contributed by atoms with Crippen LogP contribution in [0.15, 0.2) is 36.5 Å². The summed E-state index contributed by atoms with van der Waals surface area (Å²) in [6, 6.07) is 9.59. The summed E-state index contributed by atoms with van der Waals surface area (Å²) in [5.74, 6) is -0.515. The van der Waals surface area contributed by atoms with Crippen molar-refractivity contribution in [3.63, 3.8) is 0 Å². The van der Waals surface area contributed by atoms with Gasteiger partial charge < -0.3 is 16.2 Å². The highest BCUT2D eigenvalue weighted by Crippen LogP contribution is 2.16. The minimum atomic E-state index is -1.03. The Labute approximate surface area is 117 Å². The highest BCUT2D eigenvalue weighted by Gasteiger charge is 2.07. The molecule has 4 N–H and O–H groups in total. The number of hydrogen-bond acceptors (Lipinski definition) is 4. The van der Waals surface area contributed by atoms with Crippen molar-refractivity contribution in [2.45, 2.75) is 13.3 Å². The third kappa shape index (κ3) is 3.26. The maximum Gasteiger partial charge on any atom is 0.337 e. The smallest absolute Gasteiger partial charge is 0.337 e. The zero-order valence-corrected chi connectivity index (χ0v) is 11.3. The van der Waals surface area contributed by atoms with Crippen LogP contribution in [-0.4, -0.2) is 22.6 Å². The van der Waals surface area contributed by atoms with Crippen molar-refractivity contribution < 1.29 is 9.90 Å². The summed E-state index contributed by atoms with van der Waals surface area (Å²) < 4.78 is 0. The number of anilines is 2. The molecule has 0 saturated heterocycles. The van der Waals surface area contributed by atoms with E-state index in [9.17, 15) is 4.79 Å². The van der Waals surface area contributed by atoms with E-state index >= 15 is 0 Å². The fraction of sp³-hybridized carbons (Fsp3) is 0.200. The molecule has 0 bridgehead atoms. The minimum absolute atomic E-state index is 0.0898. The molecule has 0 fully saturated rings. The summed E-state index contributed by atoms with van der Waals surface area (Å²) in [4.78, 5) is 14.8. The number of benzene rings is 1. The normalized spacial score (nSPS) is 10.2. The average molecular weight is 271 g/mol. The number of pyridine rings is 1. The van der Waals surface area contributed by atoms with E-state index in [1.807, 2.05) is 12.1 Å². The molecule has 0 aliphatic carbocycles. The number of nitrogens with two attached hydrogens (primary N) is 1. The van der Waals surface area contributed by atoms with Crippen molar-refractivity contribution in [1.82, 2.24) is 4.98 Å². The molecule has 1 aromatic heterocycles. The largest absolute Gasteiger partial charge is 0.478 e. The Kier molecular flexibility index (Phi) is 4.20. The average Bonchev–Trinajstić information content (AvgIpc) is 2.42. The predicted octanol–water partition coefficient (Wildman–Crippen LogP) is 2.33. The second-order valence-corrected chi connectivity index (χ2v) is 4.57. The van der Waals surface area contributed by atoms with E-state index in [0.717, 1.165) is 6.42 Å². The van der Waals surface area contributed by atoms with Crippen molar-refractivity contribution in [2.24, 2.45) is 0 Å². The van der Waals surface area contributed by atoms with Gasteiger partial charge in [0, 0.05) is 12.7 Å². The quantitative estimate of drug-likeness (QED) is 0.776. The number of aromatic nitrogens is 1. The number of carboxylic acids is 1. The zero-order chi connectivity index (χ0) is 14.5. The van der Waals surface area contributed by atoms with E-state index in [-0.39, 0.29) is 5.56 Å². The molecule has 20 heavy (non-hydrogen) atoms. The molecule has 0 aliphatic rings. The summed E-state index contributed by atoms with van der Waals surface area (Å²) >= 11 is 0. The Bertz CT molecular complexity index is 626. The van der Waals surface area contributed by atoms with Crippen LogP contribution in [0.1, 0.15) is 21.5 Å². The molecule has 2 aromatic rings. The van der Waals surface area contributed by atoms with Crippen molar-refractivity contribution in [2.75, 3.05) is 17.6 Å². The summed E-state index contributed by atoms with van der Waals surface area (Å²) in [7, 11) is 0. The lowest BCUT2D eigenvalue weighted by molar-refractivity contribution is 0.0696. The number of hydrogen-bond donors (Lipinski definition) is 3. The van der Waals surface area contributed by atoms with Gasteiger partial charge in [0.05, 0.1) is 11.3 Å². The first kappa shape index (κ1) is 13.9. The second-order valence-electron chi connectivity index (χ2n) is 4.57. The van der Waals surface area contributed by atoms with Crippen molar-refractivity contribution >= 4 is 17.5 Å². The lowest BCUT2D eigenvalue weighted by atomic mass is 10.1. The fourth-order valence-corrected chi connectivity index (χ4v) is 1.95. The van der Waals surface area contributed by atoms with Crippen LogP contribution in [0.2, 0.25) is 0 Å². The molecular formula is C15H17N3O2. The van der Waals surface area contributed by atoms with Gasteiger partial charge in [0.15, 0.2) is 0 Å². The second kappa shape index (κ2) is 6.06. The van der Waals surface area contributed by atoms with Gasteiger partial charge in [-0.15, -0.1) is 0 Å². The Morgan fingerprint density at radius 2 is 2.15 bits per heavy atom. The first-order valence-corrected chi connectivity index (χ1v) is 6.35. The van der Waals surface area contributed by atoms with Gasteiger partial charge >= 0.3 is 5.97 Å². The molecule has 2 rings (SSSR count). The van der Waals surface area contributed by atoms with Gasteiger partial charge in [-0.05, 0) is 30.5 Å². The van der Waals surface area contributed by atoms with Crippen LogP contribution in [0.3, 0.4) is 0 Å². The number of rotatable bonds is 5. The van der Waals surface area contributed by atoms with Crippen molar-refractivity contribution in [3.05, 3.63) is 53.2 Å². The number of nitrogens with one attached hydrogen (secondary N) is 1. The van der Waals surface area contributed by atoms with Gasteiger partial charge in [-0.3, -0.25) is 0 Å². The van der Waals surface area contributed by atoms with Gasteiger partial charge in [-0.1, -0.05) is 24.3 Å². The van der Waals surface area contributed by atoms with Crippen LogP contribution in [0.25, 0.3) is 0 Å². The van der Waals surface area contributed by atoms with Crippen LogP contribution < -0.4 is 11.1 Å². The fourth-order valence-electron chi connectivity index (χ4n) is 1.95. The molecule has 5 nitrogen and oxygen atoms in total. The molecule has 0 amide bonds. The number of carbonyl (C=O) groups is 1. The third-order valence-electron chi connectivity index (χ3n) is 3.11. The SMILES string of the molecule is Cc1ccccc1CCNc1ncc(C(=O)O)cc1N. The van der Waals surface area contributed by atoms with Crippen LogP contribution in [-0.2, 0) is 6.42 Å². The van der Waals surface area contributed by atoms with Crippen LogP contribution in [0, 0.1) is 6.92 Å². The van der Waals surface area contributed by atoms with Gasteiger partial charge in [-0.25, -0.2) is 9.78 Å². The molecule has 0 spiro atoms. The van der Waals surface area contributed by atoms with Gasteiger partial charge in [0.25, 0.3) is 0 Å². The number of aryl methyl sites for hydroxylation is 1. The van der Waals surface area contributed by atoms with E-state index in [1.54, 1.807) is 0 Å². The van der Waals surface area contributed by atoms with E-state index < -0.39 is 5.97 Å². The molecule has 1 heterocycles. The molecule has 0 aliphatic heterocycles. The monoisotopic (exact) mass is 271 g/mol. The number of nitrogen functional groups attached to an aromatic ring is 1. The molecule has 0 atom stereocenters. The van der Waals surface area contributed by atoms with Crippen LogP contribution in [0.4, 0.5) is 11.5 Å². The van der Waals surface area contributed by atoms with Gasteiger partial charge in [-0.2, -0.15) is 0 Å². The third-order valence-corrected chi connectivity index (χ3v) is 3.11. The molecule has 104 valence electrons. The molecule has 5 heteroatoms. The lowest BCUT2D eigenvalue weighted by Gasteiger charge is -2.10. The van der Waals surface area contributed by atoms with Crippen LogP contribution >= 0.6 is 0 Å². The highest BCUT2D eigenvalue weighted by atomic mass is 16.4. The summed E-state index contributed by atoms with van der Waals surface area (Å²) in [5.41, 5.74) is 8.72. The van der Waals surface area contributed by atoms with E-state index in [0.29, 0.717) is 18.1 Å². The topological polar surface area (TPSA) is 88.2 Å². The maximum absolute atomic E-state index is 10.8. The van der Waals surface area contributed by atoms with Crippen LogP contribution in [0.5, 0.6) is 0 Å². The molecular weight excluding hydrogens is 254 g/mol. The minimum Gasteiger partial charge on any atom is -0.478 e. The Hall–Kier alpha value is -2.56. The maximum atomic E-state index is 10.8. The van der Waals surface area contributed by atoms with Crippen molar-refractivity contribution in [3.8, 4) is 0 Å². The predicted molar refractivity (Wildman–Crippen MR) is 79.0 cm³/mol. The first-order chi connectivity index (χ1) is 9.58. The molecule has 0 radical (unpaired) electrons. The summed E-state index contributed by atoms with van der Waals surface area (Å²) in [6.45, 7) is 2.76. The standard InChI is InChI=1S/C15H17N3O2/c1-10-4-2-3-5-11(10)6-7-17-14-13(16)8-12(9-18-14)15(19)20/h2-5,8-9H,6-7,16H2,1H3,(H,17,18)(H,19,20). The molecule has 1 aromatic carbocycles. The van der Waals surface area contributed by atoms with Crippen molar-refractivity contribution in [1.29, 1.82) is 0 Å². The number of nitrogens with zero attached hydrogens (tertiary/aromatic N) is 1. The highest BCUT2D eigenvalue weighted by molar-refractivity contribution is 5.89. The van der Waals surface area contributed by atoms with E-state index in [4.69, 9.17) is 10.8 Å². The van der Waals surface area contributed by atoms with Gasteiger partial charge in [0.1, 0.15) is 5.82 Å². The zero-order valence-electron chi connectivity index (χ0n) is 11.3. The summed E-state index contributed by atoms with van der Waals surface area (Å²) in [5, 5.41) is 12.0. The lowest BCUT2D eigenvalue weighted by Crippen LogP contribution is -2.10. The summed E-state index contributed by atoms with van der Waals surface area (Å²) in [6.07, 6.45) is 2.16. The molecule has 0 saturated carbocycles. The van der Waals surface area contributed by atoms with E-state index in [2.05, 4.69) is 29.4 Å². The first-order valence-electron chi connectivity index (χ1n) is 6.35. The number of aromatic carboxylic acids is 1. The molecule has 0 unspecified atom stereocenters. The Morgan fingerprint density at radius 3 is 2.80 bits per heavy atom. The Balaban J connectivity index is 1.98. The Morgan fingerprint density at radius 1 is 1.40 bits per heavy atom.